The van der Waals surface area contributed by atoms with E-state index in [0.29, 0.717) is 6.42 Å². The molecular formula is C15H17NO2. The number of benzene rings is 1. The van der Waals surface area contributed by atoms with Crippen molar-refractivity contribution in [1.29, 1.82) is 0 Å². The molecule has 3 heteroatoms. The van der Waals surface area contributed by atoms with E-state index in [1.54, 1.807) is 13.3 Å². The van der Waals surface area contributed by atoms with Gasteiger partial charge in [-0.05, 0) is 24.6 Å². The summed E-state index contributed by atoms with van der Waals surface area (Å²) in [5, 5.41) is 10.3. The first-order valence-electron chi connectivity index (χ1n) is 5.94. The van der Waals surface area contributed by atoms with Crippen molar-refractivity contribution in [1.82, 2.24) is 4.98 Å². The van der Waals surface area contributed by atoms with Crippen LogP contribution < -0.4 is 4.74 Å². The van der Waals surface area contributed by atoms with Crippen LogP contribution in [-0.2, 0) is 6.42 Å². The summed E-state index contributed by atoms with van der Waals surface area (Å²) in [6.07, 6.45) is 1.69. The maximum atomic E-state index is 10.3. The third kappa shape index (κ3) is 2.68. The normalized spacial score (nSPS) is 12.2. The van der Waals surface area contributed by atoms with Crippen molar-refractivity contribution in [2.24, 2.45) is 0 Å². The lowest BCUT2D eigenvalue weighted by atomic mass is 10.00. The molecule has 0 amide bonds. The van der Waals surface area contributed by atoms with E-state index in [-0.39, 0.29) is 0 Å². The average molecular weight is 243 g/mol. The van der Waals surface area contributed by atoms with Gasteiger partial charge in [0, 0.05) is 23.9 Å². The number of hydrogen-bond acceptors (Lipinski definition) is 3. The topological polar surface area (TPSA) is 42.4 Å². The zero-order valence-electron chi connectivity index (χ0n) is 10.6. The SMILES string of the molecule is COc1ccccc1CC(O)c1cccnc1C. The van der Waals surface area contributed by atoms with E-state index in [0.717, 1.165) is 22.6 Å². The number of pyridine rings is 1. The largest absolute Gasteiger partial charge is 0.496 e. The molecule has 0 bridgehead atoms. The molecule has 0 saturated heterocycles. The van der Waals surface area contributed by atoms with Gasteiger partial charge in [-0.15, -0.1) is 0 Å². The summed E-state index contributed by atoms with van der Waals surface area (Å²) in [5.41, 5.74) is 2.72. The summed E-state index contributed by atoms with van der Waals surface area (Å²) >= 11 is 0. The van der Waals surface area contributed by atoms with Gasteiger partial charge in [0.25, 0.3) is 0 Å². The summed E-state index contributed by atoms with van der Waals surface area (Å²) in [4.78, 5) is 4.19. The van der Waals surface area contributed by atoms with Gasteiger partial charge in [-0.3, -0.25) is 4.98 Å². The van der Waals surface area contributed by atoms with Crippen LogP contribution >= 0.6 is 0 Å². The third-order valence-corrected chi connectivity index (χ3v) is 3.01. The molecule has 0 saturated carbocycles. The number of hydrogen-bond donors (Lipinski definition) is 1. The molecule has 18 heavy (non-hydrogen) atoms. The molecule has 0 radical (unpaired) electrons. The van der Waals surface area contributed by atoms with Gasteiger partial charge in [0.15, 0.2) is 0 Å². The lowest BCUT2D eigenvalue weighted by Crippen LogP contribution is -2.05. The summed E-state index contributed by atoms with van der Waals surface area (Å²) in [6.45, 7) is 1.90. The number of methoxy groups -OCH3 is 1. The quantitative estimate of drug-likeness (QED) is 0.897. The monoisotopic (exact) mass is 243 g/mol. The molecular weight excluding hydrogens is 226 g/mol. The molecule has 3 nitrogen and oxygen atoms in total. The Morgan fingerprint density at radius 3 is 2.72 bits per heavy atom. The fourth-order valence-corrected chi connectivity index (χ4v) is 2.04. The molecule has 0 aliphatic rings. The number of para-hydroxylation sites is 1. The smallest absolute Gasteiger partial charge is 0.122 e. The molecule has 0 fully saturated rings. The van der Waals surface area contributed by atoms with Crippen molar-refractivity contribution in [3.8, 4) is 5.75 Å². The summed E-state index contributed by atoms with van der Waals surface area (Å²) in [7, 11) is 1.64. The van der Waals surface area contributed by atoms with Crippen molar-refractivity contribution in [3.63, 3.8) is 0 Å². The van der Waals surface area contributed by atoms with Gasteiger partial charge < -0.3 is 9.84 Å². The first-order valence-corrected chi connectivity index (χ1v) is 5.94. The van der Waals surface area contributed by atoms with Gasteiger partial charge in [0.05, 0.1) is 13.2 Å². The number of nitrogens with zero attached hydrogens (tertiary/aromatic N) is 1. The van der Waals surface area contributed by atoms with Crippen LogP contribution in [0.4, 0.5) is 0 Å². The van der Waals surface area contributed by atoms with Crippen LogP contribution in [-0.4, -0.2) is 17.2 Å². The molecule has 1 aromatic heterocycles. The van der Waals surface area contributed by atoms with Crippen LogP contribution in [0.25, 0.3) is 0 Å². The number of aryl methyl sites for hydroxylation is 1. The van der Waals surface area contributed by atoms with Gasteiger partial charge in [-0.2, -0.15) is 0 Å². The Bertz CT molecular complexity index is 525. The van der Waals surface area contributed by atoms with Gasteiger partial charge >= 0.3 is 0 Å². The van der Waals surface area contributed by atoms with E-state index in [1.807, 2.05) is 43.3 Å². The number of rotatable bonds is 4. The third-order valence-electron chi connectivity index (χ3n) is 3.01. The molecule has 2 rings (SSSR count). The molecule has 1 unspecified atom stereocenters. The van der Waals surface area contributed by atoms with Crippen molar-refractivity contribution < 1.29 is 9.84 Å². The highest BCUT2D eigenvalue weighted by Crippen LogP contribution is 2.25. The van der Waals surface area contributed by atoms with Crippen molar-refractivity contribution in [3.05, 3.63) is 59.4 Å². The molecule has 1 heterocycles. The highest BCUT2D eigenvalue weighted by Gasteiger charge is 2.13. The fourth-order valence-electron chi connectivity index (χ4n) is 2.04. The predicted octanol–water partition coefficient (Wildman–Crippen LogP) is 2.67. The lowest BCUT2D eigenvalue weighted by molar-refractivity contribution is 0.176. The Labute approximate surface area is 107 Å². The zero-order valence-corrected chi connectivity index (χ0v) is 10.6. The van der Waals surface area contributed by atoms with Crippen LogP contribution in [0.15, 0.2) is 42.6 Å². The van der Waals surface area contributed by atoms with E-state index >= 15 is 0 Å². The van der Waals surface area contributed by atoms with Crippen LogP contribution in [0.2, 0.25) is 0 Å². The van der Waals surface area contributed by atoms with E-state index in [9.17, 15) is 5.11 Å². The molecule has 1 atom stereocenters. The number of ether oxygens (including phenoxy) is 1. The molecule has 2 aromatic rings. The second-order valence-corrected chi connectivity index (χ2v) is 4.21. The summed E-state index contributed by atoms with van der Waals surface area (Å²) < 4.78 is 5.29. The molecule has 1 N–H and O–H groups in total. The highest BCUT2D eigenvalue weighted by molar-refractivity contribution is 5.35. The Kier molecular flexibility index (Phi) is 3.95. The second-order valence-electron chi connectivity index (χ2n) is 4.21. The maximum Gasteiger partial charge on any atom is 0.122 e. The molecule has 0 aliphatic carbocycles. The first-order chi connectivity index (χ1) is 8.72. The van der Waals surface area contributed by atoms with E-state index in [4.69, 9.17) is 4.74 Å². The van der Waals surface area contributed by atoms with E-state index < -0.39 is 6.10 Å². The van der Waals surface area contributed by atoms with Crippen molar-refractivity contribution >= 4 is 0 Å². The number of aromatic nitrogens is 1. The van der Waals surface area contributed by atoms with Crippen LogP contribution in [0.3, 0.4) is 0 Å². The minimum atomic E-state index is -0.560. The minimum absolute atomic E-state index is 0.524. The van der Waals surface area contributed by atoms with Gasteiger partial charge in [-0.25, -0.2) is 0 Å². The van der Waals surface area contributed by atoms with Crippen molar-refractivity contribution in [2.75, 3.05) is 7.11 Å². The van der Waals surface area contributed by atoms with Gasteiger partial charge in [-0.1, -0.05) is 24.3 Å². The number of aliphatic hydroxyl groups is 1. The molecule has 0 spiro atoms. The van der Waals surface area contributed by atoms with Crippen LogP contribution in [0.1, 0.15) is 22.9 Å². The molecule has 1 aromatic carbocycles. The maximum absolute atomic E-state index is 10.3. The van der Waals surface area contributed by atoms with E-state index in [2.05, 4.69) is 4.98 Å². The lowest BCUT2D eigenvalue weighted by Gasteiger charge is -2.15. The average Bonchev–Trinajstić information content (AvgIpc) is 2.39. The van der Waals surface area contributed by atoms with Crippen LogP contribution in [0.5, 0.6) is 5.75 Å². The Morgan fingerprint density at radius 1 is 1.22 bits per heavy atom. The summed E-state index contributed by atoms with van der Waals surface area (Å²) in [5.74, 6) is 0.804. The first kappa shape index (κ1) is 12.6. The highest BCUT2D eigenvalue weighted by atomic mass is 16.5. The van der Waals surface area contributed by atoms with E-state index in [1.165, 1.54) is 0 Å². The van der Waals surface area contributed by atoms with Gasteiger partial charge in [0.1, 0.15) is 5.75 Å². The fraction of sp³-hybridized carbons (Fsp3) is 0.267. The Balaban J connectivity index is 2.21. The minimum Gasteiger partial charge on any atom is -0.496 e. The second kappa shape index (κ2) is 5.65. The van der Waals surface area contributed by atoms with Crippen LogP contribution in [0, 0.1) is 6.92 Å². The van der Waals surface area contributed by atoms with Gasteiger partial charge in [0.2, 0.25) is 0 Å². The Hall–Kier alpha value is -1.87. The number of aliphatic hydroxyl groups excluding tert-OH is 1. The molecule has 0 aliphatic heterocycles. The molecule has 94 valence electrons. The van der Waals surface area contributed by atoms with Crippen molar-refractivity contribution in [2.45, 2.75) is 19.4 Å². The Morgan fingerprint density at radius 2 is 2.00 bits per heavy atom. The summed E-state index contributed by atoms with van der Waals surface area (Å²) in [6, 6.07) is 11.5. The zero-order chi connectivity index (χ0) is 13.0. The standard InChI is InChI=1S/C15H17NO2/c1-11-13(7-5-9-16-11)14(17)10-12-6-3-4-8-15(12)18-2/h3-9,14,17H,10H2,1-2H3. The predicted molar refractivity (Wildman–Crippen MR) is 70.6 cm³/mol.